The van der Waals surface area contributed by atoms with Gasteiger partial charge in [-0.15, -0.1) is 0 Å². The van der Waals surface area contributed by atoms with E-state index >= 15 is 0 Å². The standard InChI is InChI=1S/C30H31N3O2/c1-3-4-18-31-30(35)24-16-14-22(15-17-24)20-32-28(34)19-26-21(2)33-27-13-9-8-12-25(27)29(26)23-10-6-5-7-11-23/h5-17H,3-4,18-20H2,1-2H3,(H,31,35)(H,32,34). The molecule has 0 spiro atoms. The van der Waals surface area contributed by atoms with Crippen LogP contribution >= 0.6 is 0 Å². The molecule has 4 rings (SSSR count). The van der Waals surface area contributed by atoms with Crippen molar-refractivity contribution in [3.63, 3.8) is 0 Å². The number of para-hydroxylation sites is 1. The van der Waals surface area contributed by atoms with Gasteiger partial charge in [-0.3, -0.25) is 14.6 Å². The molecule has 0 saturated heterocycles. The van der Waals surface area contributed by atoms with Gasteiger partial charge in [0.2, 0.25) is 5.91 Å². The van der Waals surface area contributed by atoms with Crippen LogP contribution in [0.5, 0.6) is 0 Å². The minimum absolute atomic E-state index is 0.0660. The average molecular weight is 466 g/mol. The van der Waals surface area contributed by atoms with Crippen molar-refractivity contribution in [1.82, 2.24) is 15.6 Å². The number of aryl methyl sites for hydroxylation is 1. The quantitative estimate of drug-likeness (QED) is 0.316. The average Bonchev–Trinajstić information content (AvgIpc) is 2.89. The lowest BCUT2D eigenvalue weighted by atomic mass is 9.92. The summed E-state index contributed by atoms with van der Waals surface area (Å²) in [5.41, 5.74) is 6.42. The minimum atomic E-state index is -0.0678. The zero-order chi connectivity index (χ0) is 24.6. The van der Waals surface area contributed by atoms with Crippen LogP contribution in [0.25, 0.3) is 22.0 Å². The molecule has 0 atom stereocenters. The molecule has 0 aliphatic rings. The molecule has 0 aliphatic heterocycles. The molecule has 0 bridgehead atoms. The molecule has 3 aromatic carbocycles. The number of benzene rings is 3. The third kappa shape index (κ3) is 5.93. The maximum Gasteiger partial charge on any atom is 0.251 e. The topological polar surface area (TPSA) is 71.1 Å². The van der Waals surface area contributed by atoms with E-state index in [2.05, 4.69) is 35.8 Å². The molecule has 0 unspecified atom stereocenters. The molecule has 1 heterocycles. The van der Waals surface area contributed by atoms with Crippen molar-refractivity contribution >= 4 is 22.7 Å². The van der Waals surface area contributed by atoms with Crippen molar-refractivity contribution in [3.8, 4) is 11.1 Å². The number of aromatic nitrogens is 1. The molecule has 0 radical (unpaired) electrons. The molecule has 0 aliphatic carbocycles. The highest BCUT2D eigenvalue weighted by Crippen LogP contribution is 2.33. The zero-order valence-electron chi connectivity index (χ0n) is 20.3. The largest absolute Gasteiger partial charge is 0.352 e. The molecule has 0 saturated carbocycles. The van der Waals surface area contributed by atoms with E-state index in [1.165, 1.54) is 0 Å². The number of hydrogen-bond acceptors (Lipinski definition) is 3. The first kappa shape index (κ1) is 24.1. The summed E-state index contributed by atoms with van der Waals surface area (Å²) in [6.07, 6.45) is 2.25. The summed E-state index contributed by atoms with van der Waals surface area (Å²) < 4.78 is 0. The highest BCUT2D eigenvalue weighted by atomic mass is 16.2. The van der Waals surface area contributed by atoms with Crippen LogP contribution in [-0.4, -0.2) is 23.3 Å². The number of hydrogen-bond donors (Lipinski definition) is 2. The van der Waals surface area contributed by atoms with Crippen molar-refractivity contribution < 1.29 is 9.59 Å². The normalized spacial score (nSPS) is 10.8. The second-order valence-corrected chi connectivity index (χ2v) is 8.69. The third-order valence-corrected chi connectivity index (χ3v) is 6.12. The predicted molar refractivity (Wildman–Crippen MR) is 141 cm³/mol. The molecular formula is C30H31N3O2. The van der Waals surface area contributed by atoms with Gasteiger partial charge in [0, 0.05) is 29.7 Å². The van der Waals surface area contributed by atoms with Gasteiger partial charge in [0.1, 0.15) is 0 Å². The Morgan fingerprint density at radius 1 is 0.857 bits per heavy atom. The molecule has 178 valence electrons. The second-order valence-electron chi connectivity index (χ2n) is 8.69. The number of unbranched alkanes of at least 4 members (excludes halogenated alkanes) is 1. The number of pyridine rings is 1. The van der Waals surface area contributed by atoms with Crippen molar-refractivity contribution in [1.29, 1.82) is 0 Å². The van der Waals surface area contributed by atoms with E-state index in [0.717, 1.165) is 51.7 Å². The number of carbonyl (C=O) groups excluding carboxylic acids is 2. The van der Waals surface area contributed by atoms with E-state index < -0.39 is 0 Å². The van der Waals surface area contributed by atoms with E-state index in [9.17, 15) is 9.59 Å². The lowest BCUT2D eigenvalue weighted by Crippen LogP contribution is -2.26. The Morgan fingerprint density at radius 3 is 2.31 bits per heavy atom. The summed E-state index contributed by atoms with van der Waals surface area (Å²) in [6, 6.07) is 25.6. The van der Waals surface area contributed by atoms with Gasteiger partial charge in [0.25, 0.3) is 5.91 Å². The van der Waals surface area contributed by atoms with Crippen molar-refractivity contribution in [2.45, 2.75) is 39.7 Å². The van der Waals surface area contributed by atoms with Crippen LogP contribution in [0, 0.1) is 6.92 Å². The molecule has 35 heavy (non-hydrogen) atoms. The zero-order valence-corrected chi connectivity index (χ0v) is 20.3. The van der Waals surface area contributed by atoms with Gasteiger partial charge in [0.05, 0.1) is 11.9 Å². The Balaban J connectivity index is 1.48. The van der Waals surface area contributed by atoms with Crippen LogP contribution in [0.2, 0.25) is 0 Å². The third-order valence-electron chi connectivity index (χ3n) is 6.12. The Kier molecular flexibility index (Phi) is 7.88. The second kappa shape index (κ2) is 11.4. The van der Waals surface area contributed by atoms with Gasteiger partial charge in [-0.05, 0) is 53.8 Å². The fourth-order valence-electron chi connectivity index (χ4n) is 4.20. The van der Waals surface area contributed by atoms with Crippen LogP contribution in [0.1, 0.15) is 46.9 Å². The van der Waals surface area contributed by atoms with Gasteiger partial charge >= 0.3 is 0 Å². The van der Waals surface area contributed by atoms with Crippen LogP contribution in [0.15, 0.2) is 78.9 Å². The predicted octanol–water partition coefficient (Wildman–Crippen LogP) is 5.60. The lowest BCUT2D eigenvalue weighted by molar-refractivity contribution is -0.120. The van der Waals surface area contributed by atoms with Gasteiger partial charge in [-0.1, -0.05) is 74.0 Å². The summed E-state index contributed by atoms with van der Waals surface area (Å²) in [5, 5.41) is 6.99. The SMILES string of the molecule is CCCCNC(=O)c1ccc(CNC(=O)Cc2c(C)nc3ccccc3c2-c2ccccc2)cc1. The molecule has 5 nitrogen and oxygen atoms in total. The fraction of sp³-hybridized carbons (Fsp3) is 0.233. The van der Waals surface area contributed by atoms with E-state index in [1.54, 1.807) is 12.1 Å². The molecule has 1 aromatic heterocycles. The number of rotatable bonds is 9. The van der Waals surface area contributed by atoms with E-state index in [1.807, 2.05) is 55.5 Å². The maximum absolute atomic E-state index is 13.0. The number of carbonyl (C=O) groups is 2. The first-order chi connectivity index (χ1) is 17.1. The number of amides is 2. The summed E-state index contributed by atoms with van der Waals surface area (Å²) in [6.45, 7) is 5.14. The summed E-state index contributed by atoms with van der Waals surface area (Å²) >= 11 is 0. The smallest absolute Gasteiger partial charge is 0.251 e. The first-order valence-electron chi connectivity index (χ1n) is 12.1. The summed E-state index contributed by atoms with van der Waals surface area (Å²) in [4.78, 5) is 29.9. The first-order valence-corrected chi connectivity index (χ1v) is 12.1. The highest BCUT2D eigenvalue weighted by molar-refractivity contribution is 5.98. The van der Waals surface area contributed by atoms with Crippen molar-refractivity contribution in [3.05, 3.63) is 101 Å². The van der Waals surface area contributed by atoms with Crippen LogP contribution in [0.4, 0.5) is 0 Å². The molecule has 5 heteroatoms. The van der Waals surface area contributed by atoms with Crippen molar-refractivity contribution in [2.24, 2.45) is 0 Å². The number of fused-ring (bicyclic) bond motifs is 1. The molecule has 4 aromatic rings. The summed E-state index contributed by atoms with van der Waals surface area (Å²) in [7, 11) is 0. The van der Waals surface area contributed by atoms with Gasteiger partial charge in [-0.25, -0.2) is 0 Å². The van der Waals surface area contributed by atoms with E-state index in [4.69, 9.17) is 4.98 Å². The van der Waals surface area contributed by atoms with E-state index in [0.29, 0.717) is 18.7 Å². The van der Waals surface area contributed by atoms with Crippen molar-refractivity contribution in [2.75, 3.05) is 6.54 Å². The minimum Gasteiger partial charge on any atom is -0.352 e. The molecular weight excluding hydrogens is 434 g/mol. The fourth-order valence-corrected chi connectivity index (χ4v) is 4.20. The maximum atomic E-state index is 13.0. The Morgan fingerprint density at radius 2 is 1.57 bits per heavy atom. The Labute approximate surface area is 206 Å². The Bertz CT molecular complexity index is 1320. The van der Waals surface area contributed by atoms with E-state index in [-0.39, 0.29) is 18.2 Å². The van der Waals surface area contributed by atoms with Gasteiger partial charge in [0.15, 0.2) is 0 Å². The van der Waals surface area contributed by atoms with Gasteiger partial charge < -0.3 is 10.6 Å². The summed E-state index contributed by atoms with van der Waals surface area (Å²) in [5.74, 6) is -0.134. The number of nitrogens with zero attached hydrogens (tertiary/aromatic N) is 1. The molecule has 0 fully saturated rings. The van der Waals surface area contributed by atoms with Crippen LogP contribution in [-0.2, 0) is 17.8 Å². The molecule has 2 N–H and O–H groups in total. The van der Waals surface area contributed by atoms with Gasteiger partial charge in [-0.2, -0.15) is 0 Å². The lowest BCUT2D eigenvalue weighted by Gasteiger charge is -2.16. The monoisotopic (exact) mass is 465 g/mol. The number of nitrogens with one attached hydrogen (secondary N) is 2. The molecule has 2 amide bonds. The van der Waals surface area contributed by atoms with Crippen LogP contribution in [0.3, 0.4) is 0 Å². The van der Waals surface area contributed by atoms with Crippen LogP contribution < -0.4 is 10.6 Å². The highest BCUT2D eigenvalue weighted by Gasteiger charge is 2.17. The Hall–Kier alpha value is -3.99.